The molecule has 0 saturated carbocycles. The van der Waals surface area contributed by atoms with Gasteiger partial charge in [-0.3, -0.25) is 4.90 Å². The number of nitrogens with zero attached hydrogens (tertiary/aromatic N) is 5. The van der Waals surface area contributed by atoms with E-state index in [1.54, 1.807) is 0 Å². The lowest BCUT2D eigenvalue weighted by Crippen LogP contribution is -2.48. The molecular weight excluding hydrogens is 696 g/mol. The Morgan fingerprint density at radius 2 is 1.69 bits per heavy atom. The number of thiazole rings is 1. The van der Waals surface area contributed by atoms with Crippen molar-refractivity contribution in [3.05, 3.63) is 75.2 Å². The van der Waals surface area contributed by atoms with Crippen LogP contribution >= 0.6 is 36.2 Å². The Bertz CT molecular complexity index is 1710. The van der Waals surface area contributed by atoms with Gasteiger partial charge in [0.15, 0.2) is 5.69 Å². The van der Waals surface area contributed by atoms with Gasteiger partial charge in [-0.25, -0.2) is 14.8 Å². The van der Waals surface area contributed by atoms with Crippen LogP contribution in [0.4, 0.5) is 24.9 Å². The van der Waals surface area contributed by atoms with Crippen molar-refractivity contribution in [2.24, 2.45) is 0 Å². The lowest BCUT2D eigenvalue weighted by molar-refractivity contribution is -0.274. The van der Waals surface area contributed by atoms with Crippen molar-refractivity contribution >= 4 is 53.9 Å². The van der Waals surface area contributed by atoms with E-state index in [-0.39, 0.29) is 55.4 Å². The molecule has 1 saturated heterocycles. The van der Waals surface area contributed by atoms with E-state index in [9.17, 15) is 18.0 Å². The topological polar surface area (TPSA) is 136 Å². The molecule has 1 aliphatic heterocycles. The van der Waals surface area contributed by atoms with Crippen molar-refractivity contribution in [2.75, 3.05) is 50.0 Å². The summed E-state index contributed by atoms with van der Waals surface area (Å²) in [5.74, 6) is 0.405. The number of alkyl halides is 3. The van der Waals surface area contributed by atoms with Gasteiger partial charge in [0.2, 0.25) is 5.95 Å². The standard InChI is InChI=1S/C31H31F3N6O5S.2ClH/c32-31(33,34)45-21-4-1-19(2-5-21)16-44-22-6-8-23-20(15-22)3-7-24-27(23)37-30(35)38-28(24)40-11-9-39(10-12-40)13-14-43-17-26-36-25(18-46-26)29(41)42;;/h1-2,4-6,8,15,18H,3,7,9-14,16-17H2,(H,41,42)(H2,35,37,38);2*1H. The number of piperazine rings is 1. The molecule has 1 aliphatic carbocycles. The number of fused-ring (bicyclic) bond motifs is 3. The molecule has 11 nitrogen and oxygen atoms in total. The molecule has 0 unspecified atom stereocenters. The van der Waals surface area contributed by atoms with Crippen LogP contribution in [-0.2, 0) is 30.8 Å². The fourth-order valence-electron chi connectivity index (χ4n) is 5.53. The predicted molar refractivity (Wildman–Crippen MR) is 179 cm³/mol. The number of benzene rings is 2. The van der Waals surface area contributed by atoms with Gasteiger partial charge in [-0.2, -0.15) is 4.98 Å². The zero-order valence-corrected chi connectivity index (χ0v) is 27.9. The molecule has 0 amide bonds. The summed E-state index contributed by atoms with van der Waals surface area (Å²) >= 11 is 1.28. The number of nitrogens with two attached hydrogens (primary N) is 1. The Labute approximate surface area is 290 Å². The molecule has 0 bridgehead atoms. The molecule has 0 spiro atoms. The molecule has 0 atom stereocenters. The number of aromatic nitrogens is 3. The first kappa shape index (κ1) is 36.9. The molecule has 6 rings (SSSR count). The maximum Gasteiger partial charge on any atom is 0.573 e. The smallest absolute Gasteiger partial charge is 0.489 e. The number of halogens is 5. The van der Waals surface area contributed by atoms with E-state index in [2.05, 4.69) is 29.5 Å². The Morgan fingerprint density at radius 1 is 0.958 bits per heavy atom. The number of ether oxygens (including phenoxy) is 3. The molecule has 48 heavy (non-hydrogen) atoms. The van der Waals surface area contributed by atoms with Gasteiger partial charge in [-0.15, -0.1) is 49.3 Å². The van der Waals surface area contributed by atoms with Crippen molar-refractivity contribution in [1.29, 1.82) is 0 Å². The van der Waals surface area contributed by atoms with Crippen LogP contribution in [0.25, 0.3) is 11.3 Å². The molecule has 3 heterocycles. The average Bonchev–Trinajstić information content (AvgIpc) is 3.51. The number of hydrogen-bond donors (Lipinski definition) is 2. The van der Waals surface area contributed by atoms with E-state index in [0.717, 1.165) is 73.8 Å². The fraction of sp³-hybridized carbons (Fsp3) is 0.355. The van der Waals surface area contributed by atoms with Gasteiger partial charge in [-0.1, -0.05) is 12.1 Å². The number of aryl methyl sites for hydroxylation is 1. The van der Waals surface area contributed by atoms with E-state index in [1.165, 1.54) is 41.0 Å². The SMILES string of the molecule is Cl.Cl.Nc1nc2c(c(N3CCN(CCOCc4nc(C(=O)O)cs4)CC3)n1)CCc1cc(OCc3ccc(OC(F)(F)F)cc3)ccc1-2. The van der Waals surface area contributed by atoms with Crippen molar-refractivity contribution in [1.82, 2.24) is 19.9 Å². The van der Waals surface area contributed by atoms with Crippen molar-refractivity contribution in [3.8, 4) is 22.8 Å². The summed E-state index contributed by atoms with van der Waals surface area (Å²) in [7, 11) is 0. The summed E-state index contributed by atoms with van der Waals surface area (Å²) < 4.78 is 52.8. The van der Waals surface area contributed by atoms with Crippen LogP contribution in [0.1, 0.15) is 32.2 Å². The molecule has 2 aromatic carbocycles. The predicted octanol–water partition coefficient (Wildman–Crippen LogP) is 5.64. The van der Waals surface area contributed by atoms with E-state index >= 15 is 0 Å². The van der Waals surface area contributed by atoms with Crippen LogP contribution in [0.3, 0.4) is 0 Å². The average molecular weight is 730 g/mol. The third-order valence-corrected chi connectivity index (χ3v) is 8.58. The molecule has 0 radical (unpaired) electrons. The van der Waals surface area contributed by atoms with Crippen LogP contribution in [-0.4, -0.2) is 76.6 Å². The second kappa shape index (κ2) is 16.0. The highest BCUT2D eigenvalue weighted by molar-refractivity contribution is 7.09. The van der Waals surface area contributed by atoms with Crippen molar-refractivity contribution in [3.63, 3.8) is 0 Å². The van der Waals surface area contributed by atoms with E-state index in [4.69, 9.17) is 20.3 Å². The van der Waals surface area contributed by atoms with Crippen LogP contribution in [0.2, 0.25) is 0 Å². The Hall–Kier alpha value is -3.89. The minimum absolute atomic E-state index is 0. The van der Waals surface area contributed by atoms with Gasteiger partial charge in [-0.05, 0) is 54.3 Å². The van der Waals surface area contributed by atoms with Gasteiger partial charge >= 0.3 is 12.3 Å². The second-order valence-corrected chi connectivity index (χ2v) is 11.8. The molecule has 17 heteroatoms. The van der Waals surface area contributed by atoms with Gasteiger partial charge in [0.1, 0.15) is 28.9 Å². The third kappa shape index (κ3) is 9.17. The van der Waals surface area contributed by atoms with E-state index in [1.807, 2.05) is 18.2 Å². The van der Waals surface area contributed by atoms with Gasteiger partial charge in [0.25, 0.3) is 0 Å². The van der Waals surface area contributed by atoms with Crippen molar-refractivity contribution < 1.29 is 37.3 Å². The number of nitrogen functional groups attached to an aromatic ring is 1. The minimum atomic E-state index is -4.73. The van der Waals surface area contributed by atoms with E-state index in [0.29, 0.717) is 22.9 Å². The summed E-state index contributed by atoms with van der Waals surface area (Å²) in [5.41, 5.74) is 10.9. The highest BCUT2D eigenvalue weighted by Gasteiger charge is 2.31. The summed E-state index contributed by atoms with van der Waals surface area (Å²) in [6.45, 7) is 4.97. The summed E-state index contributed by atoms with van der Waals surface area (Å²) in [6, 6.07) is 11.4. The van der Waals surface area contributed by atoms with Crippen LogP contribution in [0.15, 0.2) is 47.8 Å². The molecular formula is C31H33Cl2F3N6O5S. The van der Waals surface area contributed by atoms with Crippen LogP contribution in [0, 0.1) is 0 Å². The number of hydrogen-bond acceptors (Lipinski definition) is 11. The van der Waals surface area contributed by atoms with Crippen LogP contribution in [0.5, 0.6) is 11.5 Å². The zero-order valence-electron chi connectivity index (χ0n) is 25.4. The quantitative estimate of drug-likeness (QED) is 0.186. The largest absolute Gasteiger partial charge is 0.573 e. The monoisotopic (exact) mass is 728 g/mol. The van der Waals surface area contributed by atoms with E-state index < -0.39 is 12.3 Å². The normalized spacial score (nSPS) is 14.3. The maximum absolute atomic E-state index is 12.4. The third-order valence-electron chi connectivity index (χ3n) is 7.76. The molecule has 2 aliphatic rings. The lowest BCUT2D eigenvalue weighted by Gasteiger charge is -2.37. The number of carbonyl (C=O) groups is 1. The van der Waals surface area contributed by atoms with Gasteiger partial charge in [0, 0.05) is 49.2 Å². The van der Waals surface area contributed by atoms with Gasteiger partial charge in [0.05, 0.1) is 18.9 Å². The summed E-state index contributed by atoms with van der Waals surface area (Å²) in [6.07, 6.45) is -3.21. The first-order valence-electron chi connectivity index (χ1n) is 14.6. The second-order valence-electron chi connectivity index (χ2n) is 10.8. The maximum atomic E-state index is 12.4. The number of rotatable bonds is 11. The number of carboxylic acid groups (broad SMARTS) is 1. The van der Waals surface area contributed by atoms with Gasteiger partial charge < -0.3 is 30.0 Å². The summed E-state index contributed by atoms with van der Waals surface area (Å²) in [4.78, 5) is 28.9. The zero-order chi connectivity index (χ0) is 32.3. The van der Waals surface area contributed by atoms with Crippen LogP contribution < -0.4 is 20.1 Å². The lowest BCUT2D eigenvalue weighted by atomic mass is 9.88. The Balaban J connectivity index is 0.00000260. The molecule has 4 aromatic rings. The Morgan fingerprint density at radius 3 is 2.38 bits per heavy atom. The minimum Gasteiger partial charge on any atom is -0.489 e. The first-order chi connectivity index (χ1) is 22.1. The molecule has 2 aromatic heterocycles. The molecule has 1 fully saturated rings. The highest BCUT2D eigenvalue weighted by Crippen LogP contribution is 2.38. The number of carboxylic acids is 1. The first-order valence-corrected chi connectivity index (χ1v) is 15.5. The Kier molecular flexibility index (Phi) is 12.3. The van der Waals surface area contributed by atoms with Crippen molar-refractivity contribution in [2.45, 2.75) is 32.4 Å². The number of aromatic carboxylic acids is 1. The fourth-order valence-corrected chi connectivity index (χ4v) is 6.23. The highest BCUT2D eigenvalue weighted by atomic mass is 35.5. The molecule has 3 N–H and O–H groups in total. The molecule has 258 valence electrons. The number of anilines is 2. The summed E-state index contributed by atoms with van der Waals surface area (Å²) in [5, 5.41) is 11.2.